The smallest absolute Gasteiger partial charge is 0.178 e. The van der Waals surface area contributed by atoms with Gasteiger partial charge in [0.05, 0.1) is 30.4 Å². The third-order valence-electron chi connectivity index (χ3n) is 3.23. The maximum atomic E-state index is 5.39. The molecule has 2 aromatic heterocycles. The van der Waals surface area contributed by atoms with E-state index in [0.717, 1.165) is 22.5 Å². The SMILES string of the molecule is COc1ccc2[nH]c(=S)n(Cc3ccnn3C)c2c1. The van der Waals surface area contributed by atoms with Crippen molar-refractivity contribution in [2.75, 3.05) is 7.11 Å². The van der Waals surface area contributed by atoms with Gasteiger partial charge in [-0.25, -0.2) is 0 Å². The van der Waals surface area contributed by atoms with Crippen LogP contribution in [0.2, 0.25) is 0 Å². The van der Waals surface area contributed by atoms with E-state index in [9.17, 15) is 0 Å². The number of aromatic amines is 1. The maximum absolute atomic E-state index is 5.39. The fourth-order valence-corrected chi connectivity index (χ4v) is 2.41. The molecule has 2 heterocycles. The molecule has 0 aliphatic carbocycles. The molecule has 0 bridgehead atoms. The number of ether oxygens (including phenoxy) is 1. The zero-order valence-electron chi connectivity index (χ0n) is 10.8. The summed E-state index contributed by atoms with van der Waals surface area (Å²) in [5.41, 5.74) is 3.14. The normalized spacial score (nSPS) is 11.1. The van der Waals surface area contributed by atoms with Gasteiger partial charge in [-0.15, -0.1) is 0 Å². The van der Waals surface area contributed by atoms with Crippen LogP contribution in [0.3, 0.4) is 0 Å². The Bertz CT molecular complexity index is 783. The highest BCUT2D eigenvalue weighted by Crippen LogP contribution is 2.21. The van der Waals surface area contributed by atoms with Gasteiger partial charge in [-0.3, -0.25) is 4.68 Å². The second kappa shape index (κ2) is 4.55. The molecule has 0 amide bonds. The second-order valence-electron chi connectivity index (χ2n) is 4.35. The number of hydrogen-bond donors (Lipinski definition) is 1. The lowest BCUT2D eigenvalue weighted by atomic mass is 10.3. The number of fused-ring (bicyclic) bond motifs is 1. The zero-order valence-corrected chi connectivity index (χ0v) is 11.6. The van der Waals surface area contributed by atoms with Crippen LogP contribution in [0.15, 0.2) is 30.5 Å². The minimum absolute atomic E-state index is 0.683. The first kappa shape index (κ1) is 12.0. The first-order valence-electron chi connectivity index (χ1n) is 5.92. The molecule has 3 rings (SSSR count). The fourth-order valence-electron chi connectivity index (χ4n) is 2.13. The summed E-state index contributed by atoms with van der Waals surface area (Å²) >= 11 is 5.39. The first-order chi connectivity index (χ1) is 9.19. The fraction of sp³-hybridized carbons (Fsp3) is 0.231. The molecule has 3 aromatic rings. The van der Waals surface area contributed by atoms with Crippen molar-refractivity contribution in [2.24, 2.45) is 7.05 Å². The summed E-state index contributed by atoms with van der Waals surface area (Å²) < 4.78 is 9.86. The highest BCUT2D eigenvalue weighted by atomic mass is 32.1. The zero-order chi connectivity index (χ0) is 13.4. The van der Waals surface area contributed by atoms with E-state index in [2.05, 4.69) is 10.1 Å². The molecule has 0 aliphatic heterocycles. The van der Waals surface area contributed by atoms with Gasteiger partial charge < -0.3 is 14.3 Å². The number of aryl methyl sites for hydroxylation is 1. The van der Waals surface area contributed by atoms with Crippen LogP contribution in [0.5, 0.6) is 5.75 Å². The van der Waals surface area contributed by atoms with Gasteiger partial charge in [-0.2, -0.15) is 5.10 Å². The summed E-state index contributed by atoms with van der Waals surface area (Å²) in [5, 5.41) is 4.18. The van der Waals surface area contributed by atoms with Crippen molar-refractivity contribution in [3.8, 4) is 5.75 Å². The summed E-state index contributed by atoms with van der Waals surface area (Å²) in [4.78, 5) is 3.20. The van der Waals surface area contributed by atoms with Gasteiger partial charge in [0.1, 0.15) is 5.75 Å². The van der Waals surface area contributed by atoms with Gasteiger partial charge in [0, 0.05) is 19.3 Å². The monoisotopic (exact) mass is 274 g/mol. The number of benzene rings is 1. The van der Waals surface area contributed by atoms with E-state index in [1.54, 1.807) is 13.3 Å². The van der Waals surface area contributed by atoms with Crippen LogP contribution in [0.4, 0.5) is 0 Å². The van der Waals surface area contributed by atoms with Crippen LogP contribution in [0.1, 0.15) is 5.69 Å². The van der Waals surface area contributed by atoms with Gasteiger partial charge in [0.15, 0.2) is 4.77 Å². The molecule has 0 aliphatic rings. The third-order valence-corrected chi connectivity index (χ3v) is 3.55. The molecule has 6 heteroatoms. The minimum atomic E-state index is 0.683. The van der Waals surface area contributed by atoms with Crippen LogP contribution in [0, 0.1) is 4.77 Å². The van der Waals surface area contributed by atoms with E-state index in [4.69, 9.17) is 17.0 Å². The molecule has 1 N–H and O–H groups in total. The van der Waals surface area contributed by atoms with E-state index >= 15 is 0 Å². The Morgan fingerprint density at radius 2 is 2.21 bits per heavy atom. The molecule has 0 saturated heterocycles. The van der Waals surface area contributed by atoms with Gasteiger partial charge in [0.25, 0.3) is 0 Å². The Kier molecular flexibility index (Phi) is 2.87. The molecule has 5 nitrogen and oxygen atoms in total. The Hall–Kier alpha value is -2.08. The van der Waals surface area contributed by atoms with Gasteiger partial charge in [-0.05, 0) is 30.4 Å². The maximum Gasteiger partial charge on any atom is 0.178 e. The van der Waals surface area contributed by atoms with Crippen molar-refractivity contribution in [1.29, 1.82) is 0 Å². The first-order valence-corrected chi connectivity index (χ1v) is 6.33. The van der Waals surface area contributed by atoms with Gasteiger partial charge in [0.2, 0.25) is 0 Å². The molecule has 0 spiro atoms. The number of nitrogens with one attached hydrogen (secondary N) is 1. The number of methoxy groups -OCH3 is 1. The summed E-state index contributed by atoms with van der Waals surface area (Å²) in [6.45, 7) is 0.683. The van der Waals surface area contributed by atoms with Crippen molar-refractivity contribution in [3.05, 3.63) is 40.9 Å². The molecule has 1 aromatic carbocycles. The molecule has 19 heavy (non-hydrogen) atoms. The van der Waals surface area contributed by atoms with Gasteiger partial charge in [-0.1, -0.05) is 0 Å². The lowest BCUT2D eigenvalue weighted by Crippen LogP contribution is -2.05. The number of imidazole rings is 1. The summed E-state index contributed by atoms with van der Waals surface area (Å²) in [6, 6.07) is 7.87. The van der Waals surface area contributed by atoms with Crippen molar-refractivity contribution < 1.29 is 4.74 Å². The van der Waals surface area contributed by atoms with Crippen LogP contribution in [0.25, 0.3) is 11.0 Å². The Labute approximate surface area is 115 Å². The second-order valence-corrected chi connectivity index (χ2v) is 4.73. The molecule has 0 unspecified atom stereocenters. The van der Waals surface area contributed by atoms with Crippen LogP contribution in [-0.2, 0) is 13.6 Å². The van der Waals surface area contributed by atoms with E-state index in [-0.39, 0.29) is 0 Å². The Morgan fingerprint density at radius 1 is 1.37 bits per heavy atom. The number of hydrogen-bond acceptors (Lipinski definition) is 3. The van der Waals surface area contributed by atoms with E-state index in [1.807, 2.05) is 40.6 Å². The minimum Gasteiger partial charge on any atom is -0.497 e. The van der Waals surface area contributed by atoms with Gasteiger partial charge >= 0.3 is 0 Å². The average Bonchev–Trinajstić information content (AvgIpc) is 2.94. The van der Waals surface area contributed by atoms with E-state index in [0.29, 0.717) is 11.3 Å². The Morgan fingerprint density at radius 3 is 2.89 bits per heavy atom. The van der Waals surface area contributed by atoms with Crippen LogP contribution in [-0.4, -0.2) is 26.4 Å². The lowest BCUT2D eigenvalue weighted by molar-refractivity contribution is 0.415. The number of aromatic nitrogens is 4. The molecule has 98 valence electrons. The summed E-state index contributed by atoms with van der Waals surface area (Å²) in [5.74, 6) is 0.820. The number of rotatable bonds is 3. The quantitative estimate of drug-likeness (QED) is 0.746. The third kappa shape index (κ3) is 2.04. The van der Waals surface area contributed by atoms with Crippen molar-refractivity contribution in [1.82, 2.24) is 19.3 Å². The topological polar surface area (TPSA) is 47.8 Å². The highest BCUT2D eigenvalue weighted by molar-refractivity contribution is 7.71. The van der Waals surface area contributed by atoms with E-state index < -0.39 is 0 Å². The standard InChI is InChI=1S/C13H14N4OS/c1-16-9(5-6-14-16)8-17-12-7-10(18-2)3-4-11(12)15-13(17)19/h3-7H,8H2,1-2H3,(H,15,19). The summed E-state index contributed by atoms with van der Waals surface area (Å²) in [7, 11) is 3.59. The van der Waals surface area contributed by atoms with Crippen LogP contribution >= 0.6 is 12.2 Å². The average molecular weight is 274 g/mol. The predicted octanol–water partition coefficient (Wildman–Crippen LogP) is 2.49. The molecular formula is C13H14N4OS. The van der Waals surface area contributed by atoms with Crippen molar-refractivity contribution in [2.45, 2.75) is 6.54 Å². The van der Waals surface area contributed by atoms with Crippen molar-refractivity contribution >= 4 is 23.3 Å². The molecular weight excluding hydrogens is 260 g/mol. The molecule has 0 radical (unpaired) electrons. The molecule has 0 atom stereocenters. The largest absolute Gasteiger partial charge is 0.497 e. The highest BCUT2D eigenvalue weighted by Gasteiger charge is 2.08. The number of nitrogens with zero attached hydrogens (tertiary/aromatic N) is 3. The molecule has 0 fully saturated rings. The predicted molar refractivity (Wildman–Crippen MR) is 76.0 cm³/mol. The van der Waals surface area contributed by atoms with E-state index in [1.165, 1.54) is 0 Å². The summed E-state index contributed by atoms with van der Waals surface area (Å²) in [6.07, 6.45) is 1.79. The number of H-pyrrole nitrogens is 1. The van der Waals surface area contributed by atoms with Crippen LogP contribution < -0.4 is 4.74 Å². The Balaban J connectivity index is 2.14. The lowest BCUT2D eigenvalue weighted by Gasteiger charge is -2.06. The van der Waals surface area contributed by atoms with Crippen molar-refractivity contribution in [3.63, 3.8) is 0 Å². The molecule has 0 saturated carbocycles.